The Bertz CT molecular complexity index is 1010. The highest BCUT2D eigenvalue weighted by molar-refractivity contribution is 5.61. The number of piperidine rings is 1. The number of aliphatic hydroxyl groups excluding tert-OH is 1. The van der Waals surface area contributed by atoms with Gasteiger partial charge in [-0.2, -0.15) is 14.7 Å². The minimum absolute atomic E-state index is 0.213. The van der Waals surface area contributed by atoms with Crippen LogP contribution in [0.25, 0.3) is 5.65 Å². The average Bonchev–Trinajstić information content (AvgIpc) is 3.38. The van der Waals surface area contributed by atoms with Gasteiger partial charge in [0.2, 0.25) is 0 Å². The zero-order chi connectivity index (χ0) is 22.0. The number of β-amino-alcohol motifs (C(OH)–C–C–N with tert-alkyl or cyclic N) is 1. The molecule has 0 amide bonds. The van der Waals surface area contributed by atoms with Gasteiger partial charge in [-0.15, -0.1) is 0 Å². The van der Waals surface area contributed by atoms with E-state index in [0.29, 0.717) is 31.6 Å². The molecule has 0 radical (unpaired) electrons. The molecule has 0 bridgehead atoms. The molecule has 4 N–H and O–H groups in total. The predicted molar refractivity (Wildman–Crippen MR) is 122 cm³/mol. The number of anilines is 2. The van der Waals surface area contributed by atoms with Crippen LogP contribution in [0, 0.1) is 5.92 Å². The first-order chi connectivity index (χ1) is 14.9. The van der Waals surface area contributed by atoms with E-state index < -0.39 is 0 Å². The summed E-state index contributed by atoms with van der Waals surface area (Å²) in [6.07, 6.45) is 4.35. The Hall–Kier alpha value is -2.65. The van der Waals surface area contributed by atoms with Crippen molar-refractivity contribution in [2.75, 3.05) is 30.3 Å². The SMILES string of the molecule is CC(C)c1cnn2c(NCc3ccnn3C(C)C)cc(NC[C@H]3CCNC[C@@H]3O)nc12. The standard InChI is InChI=1S/C22H34N8O/c1-14(2)18-12-27-30-21(25-11-17-6-8-26-29(17)15(3)4)9-20(28-22(18)30)24-10-16-5-7-23-13-19(16)31/h6,8-9,12,14-16,19,23,25,31H,5,7,10-11,13H2,1-4H3,(H,24,28)/t16-,19+/m1/s1. The van der Waals surface area contributed by atoms with Crippen molar-refractivity contribution in [3.05, 3.63) is 35.8 Å². The zero-order valence-corrected chi connectivity index (χ0v) is 18.8. The summed E-state index contributed by atoms with van der Waals surface area (Å²) in [4.78, 5) is 4.85. The van der Waals surface area contributed by atoms with Gasteiger partial charge in [0.1, 0.15) is 11.6 Å². The summed E-state index contributed by atoms with van der Waals surface area (Å²) in [5.41, 5.74) is 3.08. The smallest absolute Gasteiger partial charge is 0.163 e. The average molecular weight is 427 g/mol. The lowest BCUT2D eigenvalue weighted by molar-refractivity contribution is 0.0883. The third-order valence-electron chi connectivity index (χ3n) is 5.95. The third-order valence-corrected chi connectivity index (χ3v) is 5.95. The molecule has 3 aromatic heterocycles. The molecule has 2 atom stereocenters. The Morgan fingerprint density at radius 2 is 2.06 bits per heavy atom. The molecule has 9 nitrogen and oxygen atoms in total. The van der Waals surface area contributed by atoms with Gasteiger partial charge in [-0.1, -0.05) is 13.8 Å². The van der Waals surface area contributed by atoms with Crippen LogP contribution < -0.4 is 16.0 Å². The fourth-order valence-electron chi connectivity index (χ4n) is 4.10. The molecule has 1 aliphatic heterocycles. The Morgan fingerprint density at radius 1 is 1.23 bits per heavy atom. The molecule has 1 aliphatic rings. The third kappa shape index (κ3) is 4.67. The molecule has 3 aromatic rings. The van der Waals surface area contributed by atoms with Gasteiger partial charge in [-0.25, -0.2) is 4.98 Å². The van der Waals surface area contributed by atoms with E-state index >= 15 is 0 Å². The van der Waals surface area contributed by atoms with E-state index in [1.54, 1.807) is 0 Å². The van der Waals surface area contributed by atoms with Crippen molar-refractivity contribution in [2.45, 2.75) is 58.7 Å². The molecule has 1 saturated heterocycles. The molecule has 31 heavy (non-hydrogen) atoms. The van der Waals surface area contributed by atoms with Crippen LogP contribution in [0.3, 0.4) is 0 Å². The molecule has 0 unspecified atom stereocenters. The Morgan fingerprint density at radius 3 is 2.81 bits per heavy atom. The van der Waals surface area contributed by atoms with Gasteiger partial charge in [-0.3, -0.25) is 4.68 Å². The van der Waals surface area contributed by atoms with E-state index in [1.807, 2.05) is 33.7 Å². The number of nitrogens with one attached hydrogen (secondary N) is 3. The molecule has 9 heteroatoms. The van der Waals surface area contributed by atoms with Crippen molar-refractivity contribution < 1.29 is 5.11 Å². The maximum Gasteiger partial charge on any atom is 0.163 e. The Labute approximate surface area is 183 Å². The molecule has 4 rings (SSSR count). The minimum Gasteiger partial charge on any atom is -0.391 e. The number of hydrogen-bond acceptors (Lipinski definition) is 7. The fraction of sp³-hybridized carbons (Fsp3) is 0.591. The number of aliphatic hydroxyl groups is 1. The predicted octanol–water partition coefficient (Wildman–Crippen LogP) is 2.62. The first-order valence-electron chi connectivity index (χ1n) is 11.2. The lowest BCUT2D eigenvalue weighted by Gasteiger charge is -2.28. The van der Waals surface area contributed by atoms with Crippen LogP contribution in [-0.2, 0) is 6.54 Å². The first kappa shape index (κ1) is 21.6. The quantitative estimate of drug-likeness (QED) is 0.439. The summed E-state index contributed by atoms with van der Waals surface area (Å²) in [5.74, 6) is 2.20. The lowest BCUT2D eigenvalue weighted by atomic mass is 9.95. The van der Waals surface area contributed by atoms with Crippen LogP contribution in [0.1, 0.15) is 57.3 Å². The molecular weight excluding hydrogens is 392 g/mol. The van der Waals surface area contributed by atoms with E-state index in [9.17, 15) is 5.11 Å². The van der Waals surface area contributed by atoms with E-state index in [0.717, 1.165) is 41.5 Å². The van der Waals surface area contributed by atoms with Crippen molar-refractivity contribution in [2.24, 2.45) is 5.92 Å². The summed E-state index contributed by atoms with van der Waals surface area (Å²) in [5, 5.41) is 29.5. The number of nitrogens with zero attached hydrogens (tertiary/aromatic N) is 5. The normalized spacial score (nSPS) is 19.5. The molecular formula is C22H34N8O. The summed E-state index contributed by atoms with van der Waals surface area (Å²) < 4.78 is 3.89. The molecule has 1 fully saturated rings. The number of hydrogen-bond donors (Lipinski definition) is 4. The van der Waals surface area contributed by atoms with Gasteiger partial charge in [0.05, 0.1) is 24.5 Å². The van der Waals surface area contributed by atoms with Gasteiger partial charge in [-0.05, 0) is 38.8 Å². The van der Waals surface area contributed by atoms with Crippen molar-refractivity contribution >= 4 is 17.3 Å². The number of aromatic nitrogens is 5. The number of rotatable bonds is 8. The second-order valence-corrected chi connectivity index (χ2v) is 8.93. The van der Waals surface area contributed by atoms with Crippen molar-refractivity contribution in [3.63, 3.8) is 0 Å². The van der Waals surface area contributed by atoms with E-state index in [2.05, 4.69) is 53.8 Å². The van der Waals surface area contributed by atoms with E-state index in [4.69, 9.17) is 4.98 Å². The van der Waals surface area contributed by atoms with Crippen molar-refractivity contribution in [1.82, 2.24) is 29.7 Å². The molecule has 0 aromatic carbocycles. The van der Waals surface area contributed by atoms with Crippen LogP contribution >= 0.6 is 0 Å². The van der Waals surface area contributed by atoms with Crippen LogP contribution in [-0.4, -0.2) is 55.2 Å². The molecule has 168 valence electrons. The highest BCUT2D eigenvalue weighted by atomic mass is 16.3. The topological polar surface area (TPSA) is 104 Å². The first-order valence-corrected chi connectivity index (χ1v) is 11.2. The molecule has 4 heterocycles. The largest absolute Gasteiger partial charge is 0.391 e. The van der Waals surface area contributed by atoms with Crippen LogP contribution in [0.2, 0.25) is 0 Å². The maximum atomic E-state index is 10.3. The molecule has 0 saturated carbocycles. The highest BCUT2D eigenvalue weighted by Crippen LogP contribution is 2.25. The van der Waals surface area contributed by atoms with Crippen molar-refractivity contribution in [3.8, 4) is 0 Å². The number of fused-ring (bicyclic) bond motifs is 1. The minimum atomic E-state index is -0.333. The van der Waals surface area contributed by atoms with E-state index in [-0.39, 0.29) is 12.0 Å². The molecule has 0 aliphatic carbocycles. The zero-order valence-electron chi connectivity index (χ0n) is 18.8. The van der Waals surface area contributed by atoms with Gasteiger partial charge in [0, 0.05) is 42.9 Å². The highest BCUT2D eigenvalue weighted by Gasteiger charge is 2.23. The maximum absolute atomic E-state index is 10.3. The summed E-state index contributed by atoms with van der Waals surface area (Å²) in [6, 6.07) is 4.33. The van der Waals surface area contributed by atoms with Crippen LogP contribution in [0.15, 0.2) is 24.5 Å². The van der Waals surface area contributed by atoms with Gasteiger partial charge in [0.15, 0.2) is 5.65 Å². The van der Waals surface area contributed by atoms with Gasteiger partial charge in [0.25, 0.3) is 0 Å². The van der Waals surface area contributed by atoms with Gasteiger partial charge < -0.3 is 21.1 Å². The second-order valence-electron chi connectivity index (χ2n) is 8.93. The fourth-order valence-corrected chi connectivity index (χ4v) is 4.10. The van der Waals surface area contributed by atoms with Crippen molar-refractivity contribution in [1.29, 1.82) is 0 Å². The second kappa shape index (κ2) is 9.23. The Balaban J connectivity index is 1.59. The summed E-state index contributed by atoms with van der Waals surface area (Å²) in [7, 11) is 0. The molecule has 0 spiro atoms. The van der Waals surface area contributed by atoms with Crippen LogP contribution in [0.4, 0.5) is 11.6 Å². The summed E-state index contributed by atoms with van der Waals surface area (Å²) >= 11 is 0. The monoisotopic (exact) mass is 426 g/mol. The van der Waals surface area contributed by atoms with Crippen LogP contribution in [0.5, 0.6) is 0 Å². The lowest BCUT2D eigenvalue weighted by Crippen LogP contribution is -2.43. The Kier molecular flexibility index (Phi) is 6.43. The van der Waals surface area contributed by atoms with Gasteiger partial charge >= 0.3 is 0 Å². The van der Waals surface area contributed by atoms with E-state index in [1.165, 1.54) is 0 Å². The summed E-state index contributed by atoms with van der Waals surface area (Å²) in [6.45, 7) is 11.5.